The van der Waals surface area contributed by atoms with Gasteiger partial charge in [-0.1, -0.05) is 152 Å². The first-order valence-electron chi connectivity index (χ1n) is 14.0. The Morgan fingerprint density at radius 2 is 0.767 bits per heavy atom. The zero-order valence-corrected chi connectivity index (χ0v) is 23.2. The summed E-state index contributed by atoms with van der Waals surface area (Å²) in [6.45, 7) is 20.2. The van der Waals surface area contributed by atoms with Crippen molar-refractivity contribution in [1.82, 2.24) is 0 Å². The average molecular weight is 425 g/mol. The van der Waals surface area contributed by atoms with E-state index in [9.17, 15) is 0 Å². The summed E-state index contributed by atoms with van der Waals surface area (Å²) in [7, 11) is 0. The lowest BCUT2D eigenvalue weighted by Crippen LogP contribution is -1.86. The van der Waals surface area contributed by atoms with Crippen LogP contribution in [0.4, 0.5) is 0 Å². The van der Waals surface area contributed by atoms with E-state index in [-0.39, 0.29) is 0 Å². The monoisotopic (exact) mass is 425 g/mol. The number of rotatable bonds is 17. The first-order valence-corrected chi connectivity index (χ1v) is 14.0. The molecule has 0 rings (SSSR count). The molecule has 0 radical (unpaired) electrons. The third kappa shape index (κ3) is 46.1. The fourth-order valence-corrected chi connectivity index (χ4v) is 2.62. The molecule has 0 unspecified atom stereocenters. The van der Waals surface area contributed by atoms with Gasteiger partial charge in [-0.15, -0.1) is 0 Å². The van der Waals surface area contributed by atoms with Crippen molar-refractivity contribution in [3.63, 3.8) is 0 Å². The van der Waals surface area contributed by atoms with Gasteiger partial charge >= 0.3 is 0 Å². The van der Waals surface area contributed by atoms with Crippen LogP contribution >= 0.6 is 0 Å². The SMILES string of the molecule is CCC(C)C.CCC(C)C.CCCCCCCCC/C=C\CCCCCCC(C)C. The van der Waals surface area contributed by atoms with E-state index < -0.39 is 0 Å². The van der Waals surface area contributed by atoms with Gasteiger partial charge in [0.1, 0.15) is 0 Å². The minimum Gasteiger partial charge on any atom is -0.0885 e. The standard InChI is InChI=1S/C20H40.2C5H12/c1-4-5-6-7-8-9-10-11-12-13-14-15-16-17-18-19-20(2)3;2*1-4-5(2)3/h12-13,20H,4-11,14-19H2,1-3H3;2*5H,4H2,1-3H3/b13-12-;;. The molecule has 0 aliphatic carbocycles. The molecule has 0 spiro atoms. The Kier molecular flexibility index (Phi) is 35.4. The highest BCUT2D eigenvalue weighted by molar-refractivity contribution is 4.81. The van der Waals surface area contributed by atoms with Crippen molar-refractivity contribution in [2.75, 3.05) is 0 Å². The molecule has 0 aliphatic heterocycles. The molecular weight excluding hydrogens is 360 g/mol. The van der Waals surface area contributed by atoms with Crippen molar-refractivity contribution < 1.29 is 0 Å². The number of unbranched alkanes of at least 4 members (excludes halogenated alkanes) is 11. The largest absolute Gasteiger partial charge is 0.0885 e. The molecule has 0 aromatic carbocycles. The highest BCUT2D eigenvalue weighted by Gasteiger charge is 1.94. The summed E-state index contributed by atoms with van der Waals surface area (Å²) in [5.74, 6) is 2.65. The van der Waals surface area contributed by atoms with Crippen molar-refractivity contribution in [2.24, 2.45) is 17.8 Å². The van der Waals surface area contributed by atoms with Crippen LogP contribution in [0.25, 0.3) is 0 Å². The number of hydrogen-bond donors (Lipinski definition) is 0. The molecule has 0 fully saturated rings. The van der Waals surface area contributed by atoms with Crippen LogP contribution in [0.2, 0.25) is 0 Å². The summed E-state index contributed by atoms with van der Waals surface area (Å²) < 4.78 is 0. The van der Waals surface area contributed by atoms with Crippen LogP contribution in [-0.2, 0) is 0 Å². The molecule has 0 aromatic rings. The molecule has 0 atom stereocenters. The average Bonchev–Trinajstić information content (AvgIpc) is 2.71. The van der Waals surface area contributed by atoms with E-state index in [1.54, 1.807) is 0 Å². The van der Waals surface area contributed by atoms with Gasteiger partial charge in [-0.25, -0.2) is 0 Å². The quantitative estimate of drug-likeness (QED) is 0.161. The third-order valence-electron chi connectivity index (χ3n) is 5.68. The van der Waals surface area contributed by atoms with Crippen LogP contribution in [0, 0.1) is 17.8 Å². The first kappa shape index (κ1) is 34.4. The van der Waals surface area contributed by atoms with Gasteiger partial charge in [-0.05, 0) is 43.4 Å². The zero-order valence-electron chi connectivity index (χ0n) is 23.2. The smallest absolute Gasteiger partial charge is 0.0351 e. The predicted octanol–water partition coefficient (Wildman–Crippen LogP) is 11.8. The second kappa shape index (κ2) is 30.9. The number of allylic oxidation sites excluding steroid dienone is 2. The van der Waals surface area contributed by atoms with Crippen molar-refractivity contribution in [3.8, 4) is 0 Å². The lowest BCUT2D eigenvalue weighted by Gasteiger charge is -2.03. The van der Waals surface area contributed by atoms with Gasteiger partial charge in [-0.3, -0.25) is 0 Å². The lowest BCUT2D eigenvalue weighted by atomic mass is 10.0. The Labute approximate surface area is 195 Å². The Hall–Kier alpha value is -0.260. The van der Waals surface area contributed by atoms with Gasteiger partial charge < -0.3 is 0 Å². The van der Waals surface area contributed by atoms with Crippen molar-refractivity contribution >= 4 is 0 Å². The van der Waals surface area contributed by atoms with Gasteiger partial charge in [0.05, 0.1) is 0 Å². The highest BCUT2D eigenvalue weighted by Crippen LogP contribution is 2.11. The molecule has 184 valence electrons. The van der Waals surface area contributed by atoms with Gasteiger partial charge in [0.15, 0.2) is 0 Å². The fraction of sp³-hybridized carbons (Fsp3) is 0.933. The fourth-order valence-electron chi connectivity index (χ4n) is 2.62. The number of hydrogen-bond acceptors (Lipinski definition) is 0. The molecule has 0 saturated carbocycles. The normalized spacial score (nSPS) is 11.1. The van der Waals surface area contributed by atoms with E-state index in [1.807, 2.05) is 0 Å². The molecule has 0 saturated heterocycles. The van der Waals surface area contributed by atoms with Crippen LogP contribution in [0.3, 0.4) is 0 Å². The summed E-state index contributed by atoms with van der Waals surface area (Å²) in [5.41, 5.74) is 0. The Morgan fingerprint density at radius 1 is 0.433 bits per heavy atom. The van der Waals surface area contributed by atoms with Gasteiger partial charge in [0.25, 0.3) is 0 Å². The summed E-state index contributed by atoms with van der Waals surface area (Å²) in [6, 6.07) is 0. The summed E-state index contributed by atoms with van der Waals surface area (Å²) in [5, 5.41) is 0. The van der Waals surface area contributed by atoms with E-state index in [0.717, 1.165) is 17.8 Å². The first-order chi connectivity index (χ1) is 14.3. The third-order valence-corrected chi connectivity index (χ3v) is 5.68. The van der Waals surface area contributed by atoms with E-state index in [0.29, 0.717) is 0 Å². The highest BCUT2D eigenvalue weighted by atomic mass is 14.0. The molecule has 0 nitrogen and oxygen atoms in total. The zero-order chi connectivity index (χ0) is 23.5. The topological polar surface area (TPSA) is 0 Å². The second-order valence-electron chi connectivity index (χ2n) is 10.4. The summed E-state index contributed by atoms with van der Waals surface area (Å²) in [6.07, 6.45) is 27.1. The van der Waals surface area contributed by atoms with Gasteiger partial charge in [-0.2, -0.15) is 0 Å². The molecule has 0 heterocycles. The Bertz CT molecular complexity index is 276. The van der Waals surface area contributed by atoms with Crippen LogP contribution in [0.15, 0.2) is 12.2 Å². The molecule has 30 heavy (non-hydrogen) atoms. The minimum absolute atomic E-state index is 0.884. The van der Waals surface area contributed by atoms with Crippen molar-refractivity contribution in [2.45, 2.75) is 165 Å². The van der Waals surface area contributed by atoms with E-state index >= 15 is 0 Å². The maximum absolute atomic E-state index is 2.42. The molecule has 0 N–H and O–H groups in total. The minimum atomic E-state index is 0.884. The maximum atomic E-state index is 2.42. The summed E-state index contributed by atoms with van der Waals surface area (Å²) >= 11 is 0. The maximum Gasteiger partial charge on any atom is -0.0351 e. The second-order valence-corrected chi connectivity index (χ2v) is 10.4. The van der Waals surface area contributed by atoms with Crippen molar-refractivity contribution in [3.05, 3.63) is 12.2 Å². The molecule has 0 bridgehead atoms. The summed E-state index contributed by atoms with van der Waals surface area (Å²) in [4.78, 5) is 0. The molecule has 0 aromatic heterocycles. The van der Waals surface area contributed by atoms with Crippen LogP contribution < -0.4 is 0 Å². The van der Waals surface area contributed by atoms with Crippen molar-refractivity contribution in [1.29, 1.82) is 0 Å². The molecule has 0 aliphatic rings. The van der Waals surface area contributed by atoms with Crippen LogP contribution in [0.1, 0.15) is 165 Å². The molecule has 0 heteroatoms. The van der Waals surface area contributed by atoms with Gasteiger partial charge in [0.2, 0.25) is 0 Å². The lowest BCUT2D eigenvalue weighted by molar-refractivity contribution is 0.521. The Morgan fingerprint density at radius 3 is 1.10 bits per heavy atom. The molecule has 0 amide bonds. The van der Waals surface area contributed by atoms with E-state index in [4.69, 9.17) is 0 Å². The molecular formula is C30H64. The van der Waals surface area contributed by atoms with E-state index in [1.165, 1.54) is 103 Å². The van der Waals surface area contributed by atoms with Crippen LogP contribution in [0.5, 0.6) is 0 Å². The predicted molar refractivity (Wildman–Crippen MR) is 145 cm³/mol. The van der Waals surface area contributed by atoms with Gasteiger partial charge in [0, 0.05) is 0 Å². The van der Waals surface area contributed by atoms with Crippen LogP contribution in [-0.4, -0.2) is 0 Å². The Balaban J connectivity index is -0.000000599. The van der Waals surface area contributed by atoms with E-state index in [2.05, 4.69) is 74.5 Å².